The van der Waals surface area contributed by atoms with Crippen molar-refractivity contribution in [1.82, 2.24) is 4.98 Å². The fraction of sp³-hybridized carbons (Fsp3) is 0.182. The Balaban J connectivity index is 1.58. The van der Waals surface area contributed by atoms with E-state index in [1.807, 2.05) is 61.5 Å². The number of rotatable bonds is 8. The molecule has 4 rings (SSSR count). The smallest absolute Gasteiger partial charge is 0.239 e. The van der Waals surface area contributed by atoms with E-state index >= 15 is 0 Å². The van der Waals surface area contributed by atoms with Gasteiger partial charge in [-0.3, -0.25) is 9.69 Å². The van der Waals surface area contributed by atoms with Gasteiger partial charge in [0.2, 0.25) is 5.91 Å². The number of furan rings is 1. The summed E-state index contributed by atoms with van der Waals surface area (Å²) in [6, 6.07) is 16.9. The first kappa shape index (κ1) is 20.8. The van der Waals surface area contributed by atoms with Gasteiger partial charge < -0.3 is 9.15 Å². The quantitative estimate of drug-likeness (QED) is 0.291. The van der Waals surface area contributed by atoms with Crippen LogP contribution in [0, 0.1) is 0 Å². The molecule has 2 aromatic heterocycles. The van der Waals surface area contributed by atoms with Crippen LogP contribution < -0.4 is 9.64 Å². The Labute approximate surface area is 187 Å². The Morgan fingerprint density at radius 1 is 1.23 bits per heavy atom. The van der Waals surface area contributed by atoms with Gasteiger partial charge in [0.1, 0.15) is 11.5 Å². The average Bonchev–Trinajstić information content (AvgIpc) is 3.41. The van der Waals surface area contributed by atoms with Crippen molar-refractivity contribution >= 4 is 56.0 Å². The lowest BCUT2D eigenvalue weighted by Crippen LogP contribution is -2.31. The monoisotopic (exact) mass is 458 g/mol. The van der Waals surface area contributed by atoms with Crippen molar-refractivity contribution in [3.8, 4) is 5.75 Å². The number of amides is 1. The molecule has 4 aromatic rings. The number of carbonyl (C=O) groups is 1. The third-order valence-electron chi connectivity index (χ3n) is 4.26. The highest BCUT2D eigenvalue weighted by Crippen LogP contribution is 2.33. The number of thiazole rings is 1. The SMILES string of the molecule is CCOc1ccc2nc(N(Cc3ccco3)C(=O)CSc3ccc(Cl)cc3)sc2c1. The minimum Gasteiger partial charge on any atom is -0.494 e. The van der Waals surface area contributed by atoms with E-state index in [4.69, 9.17) is 20.8 Å². The van der Waals surface area contributed by atoms with Crippen molar-refractivity contribution in [3.05, 3.63) is 71.6 Å². The highest BCUT2D eigenvalue weighted by molar-refractivity contribution is 8.00. The molecule has 0 unspecified atom stereocenters. The Kier molecular flexibility index (Phi) is 6.62. The third-order valence-corrected chi connectivity index (χ3v) is 6.55. The second-order valence-electron chi connectivity index (χ2n) is 6.36. The van der Waals surface area contributed by atoms with E-state index in [0.29, 0.717) is 29.1 Å². The summed E-state index contributed by atoms with van der Waals surface area (Å²) in [5.74, 6) is 1.73. The van der Waals surface area contributed by atoms with E-state index in [2.05, 4.69) is 4.98 Å². The second-order valence-corrected chi connectivity index (χ2v) is 8.86. The van der Waals surface area contributed by atoms with Crippen molar-refractivity contribution in [2.24, 2.45) is 0 Å². The van der Waals surface area contributed by atoms with Gasteiger partial charge in [-0.25, -0.2) is 4.98 Å². The molecule has 0 fully saturated rings. The standard InChI is InChI=1S/C22H19ClN2O3S2/c1-2-27-16-7-10-19-20(12-16)30-22(24-19)25(13-17-4-3-11-28-17)21(26)14-29-18-8-5-15(23)6-9-18/h3-12H,2,13-14H2,1H3. The molecule has 30 heavy (non-hydrogen) atoms. The molecule has 0 saturated heterocycles. The maximum atomic E-state index is 13.1. The van der Waals surface area contributed by atoms with Crippen molar-refractivity contribution in [2.75, 3.05) is 17.3 Å². The molecule has 8 heteroatoms. The molecule has 0 spiro atoms. The van der Waals surface area contributed by atoms with Gasteiger partial charge in [0.15, 0.2) is 5.13 Å². The molecule has 154 valence electrons. The zero-order chi connectivity index (χ0) is 20.9. The number of hydrogen-bond acceptors (Lipinski definition) is 6. The highest BCUT2D eigenvalue weighted by atomic mass is 35.5. The van der Waals surface area contributed by atoms with Gasteiger partial charge in [0.25, 0.3) is 0 Å². The van der Waals surface area contributed by atoms with Crippen LogP contribution in [0.15, 0.2) is 70.2 Å². The third kappa shape index (κ3) is 4.98. The van der Waals surface area contributed by atoms with Gasteiger partial charge in [-0.05, 0) is 61.5 Å². The van der Waals surface area contributed by atoms with Crippen LogP contribution in [0.2, 0.25) is 5.02 Å². The van der Waals surface area contributed by atoms with E-state index in [-0.39, 0.29) is 11.7 Å². The predicted molar refractivity (Wildman–Crippen MR) is 123 cm³/mol. The summed E-state index contributed by atoms with van der Waals surface area (Å²) in [5.41, 5.74) is 0.834. The van der Waals surface area contributed by atoms with E-state index in [9.17, 15) is 4.79 Å². The first-order chi connectivity index (χ1) is 14.6. The number of ether oxygens (including phenoxy) is 1. The number of thioether (sulfide) groups is 1. The summed E-state index contributed by atoms with van der Waals surface area (Å²) in [6.07, 6.45) is 1.60. The first-order valence-corrected chi connectivity index (χ1v) is 11.5. The number of fused-ring (bicyclic) bond motifs is 1. The number of aromatic nitrogens is 1. The number of hydrogen-bond donors (Lipinski definition) is 0. The molecule has 0 radical (unpaired) electrons. The molecule has 2 heterocycles. The summed E-state index contributed by atoms with van der Waals surface area (Å²) < 4.78 is 12.0. The first-order valence-electron chi connectivity index (χ1n) is 9.37. The number of carbonyl (C=O) groups excluding carboxylic acids is 1. The molecule has 1 amide bonds. The maximum absolute atomic E-state index is 13.1. The molecule has 0 aliphatic carbocycles. The Bertz CT molecular complexity index is 1130. The van der Waals surface area contributed by atoms with Crippen LogP contribution in [0.4, 0.5) is 5.13 Å². The Morgan fingerprint density at radius 3 is 2.80 bits per heavy atom. The summed E-state index contributed by atoms with van der Waals surface area (Å²) >= 11 is 8.87. The minimum atomic E-state index is -0.0459. The van der Waals surface area contributed by atoms with Gasteiger partial charge in [0, 0.05) is 9.92 Å². The fourth-order valence-electron chi connectivity index (χ4n) is 2.84. The lowest BCUT2D eigenvalue weighted by Gasteiger charge is -2.18. The highest BCUT2D eigenvalue weighted by Gasteiger charge is 2.21. The summed E-state index contributed by atoms with van der Waals surface area (Å²) in [4.78, 5) is 20.5. The average molecular weight is 459 g/mol. The van der Waals surface area contributed by atoms with Crippen LogP contribution in [0.25, 0.3) is 10.2 Å². The Morgan fingerprint density at radius 2 is 2.07 bits per heavy atom. The van der Waals surface area contributed by atoms with Crippen molar-refractivity contribution in [3.63, 3.8) is 0 Å². The van der Waals surface area contributed by atoms with Crippen molar-refractivity contribution in [2.45, 2.75) is 18.4 Å². The van der Waals surface area contributed by atoms with Crippen LogP contribution in [0.5, 0.6) is 5.75 Å². The molecule has 2 aromatic carbocycles. The normalized spacial score (nSPS) is 11.0. The topological polar surface area (TPSA) is 55.6 Å². The molecule has 5 nitrogen and oxygen atoms in total. The second kappa shape index (κ2) is 9.55. The van der Waals surface area contributed by atoms with E-state index < -0.39 is 0 Å². The molecular weight excluding hydrogens is 440 g/mol. The molecule has 0 bridgehead atoms. The van der Waals surface area contributed by atoms with Gasteiger partial charge in [0.05, 0.1) is 35.4 Å². The van der Waals surface area contributed by atoms with E-state index in [1.165, 1.54) is 23.1 Å². The van der Waals surface area contributed by atoms with Crippen molar-refractivity contribution in [1.29, 1.82) is 0 Å². The van der Waals surface area contributed by atoms with Crippen LogP contribution in [-0.4, -0.2) is 23.3 Å². The van der Waals surface area contributed by atoms with Gasteiger partial charge in [-0.15, -0.1) is 11.8 Å². The van der Waals surface area contributed by atoms with Gasteiger partial charge in [-0.2, -0.15) is 0 Å². The van der Waals surface area contributed by atoms with Crippen LogP contribution in [0.1, 0.15) is 12.7 Å². The van der Waals surface area contributed by atoms with Crippen LogP contribution >= 0.6 is 34.7 Å². The van der Waals surface area contributed by atoms with Gasteiger partial charge >= 0.3 is 0 Å². The molecular formula is C22H19ClN2O3S2. The lowest BCUT2D eigenvalue weighted by molar-refractivity contribution is -0.116. The molecule has 0 N–H and O–H groups in total. The molecule has 0 aliphatic heterocycles. The molecule has 0 aliphatic rings. The zero-order valence-corrected chi connectivity index (χ0v) is 18.6. The molecule has 0 atom stereocenters. The Hall–Kier alpha value is -2.48. The maximum Gasteiger partial charge on any atom is 0.239 e. The number of halogens is 1. The van der Waals surface area contributed by atoms with Crippen LogP contribution in [0.3, 0.4) is 0 Å². The summed E-state index contributed by atoms with van der Waals surface area (Å²) in [5, 5.41) is 1.31. The van der Waals surface area contributed by atoms with Crippen molar-refractivity contribution < 1.29 is 13.9 Å². The zero-order valence-electron chi connectivity index (χ0n) is 16.2. The van der Waals surface area contributed by atoms with Gasteiger partial charge in [-0.1, -0.05) is 22.9 Å². The number of anilines is 1. The summed E-state index contributed by atoms with van der Waals surface area (Å²) in [6.45, 7) is 2.87. The lowest BCUT2D eigenvalue weighted by atomic mass is 10.3. The summed E-state index contributed by atoms with van der Waals surface area (Å²) in [7, 11) is 0. The van der Waals surface area contributed by atoms with E-state index in [0.717, 1.165) is 20.9 Å². The number of nitrogens with zero attached hydrogens (tertiary/aromatic N) is 2. The fourth-order valence-corrected chi connectivity index (χ4v) is 4.75. The molecule has 0 saturated carbocycles. The van der Waals surface area contributed by atoms with Crippen LogP contribution in [-0.2, 0) is 11.3 Å². The largest absolute Gasteiger partial charge is 0.494 e. The van der Waals surface area contributed by atoms with E-state index in [1.54, 1.807) is 11.2 Å². The number of benzene rings is 2. The predicted octanol–water partition coefficient (Wildman–Crippen LogP) is 6.27. The minimum absolute atomic E-state index is 0.0459.